The number of fused-ring (bicyclic) bond motifs is 1. The van der Waals surface area contributed by atoms with E-state index in [1.54, 1.807) is 10.9 Å². The van der Waals surface area contributed by atoms with Crippen LogP contribution in [-0.4, -0.2) is 19.7 Å². The molecule has 1 N–H and O–H groups in total. The summed E-state index contributed by atoms with van der Waals surface area (Å²) in [5.74, 6) is 0. The van der Waals surface area contributed by atoms with Crippen molar-refractivity contribution >= 4 is 11.0 Å². The normalized spacial score (nSPS) is 10.9. The van der Waals surface area contributed by atoms with Crippen LogP contribution in [0.4, 0.5) is 0 Å². The molecule has 19 heavy (non-hydrogen) atoms. The molecule has 0 aliphatic heterocycles. The van der Waals surface area contributed by atoms with Gasteiger partial charge in [-0.1, -0.05) is 30.3 Å². The molecule has 0 aliphatic carbocycles. The van der Waals surface area contributed by atoms with Gasteiger partial charge in [0.05, 0.1) is 12.5 Å². The second kappa shape index (κ2) is 5.06. The third-order valence-corrected chi connectivity index (χ3v) is 3.12. The van der Waals surface area contributed by atoms with Crippen LogP contribution in [-0.2, 0) is 13.0 Å². The number of benzene rings is 1. The first-order valence-corrected chi connectivity index (χ1v) is 6.28. The lowest BCUT2D eigenvalue weighted by Crippen LogP contribution is -2.07. The molecule has 1 aromatic carbocycles. The number of aromatic nitrogens is 4. The van der Waals surface area contributed by atoms with Gasteiger partial charge in [-0.2, -0.15) is 5.10 Å². The Labute approximate surface area is 109 Å². The maximum absolute atomic E-state index is 11.5. The van der Waals surface area contributed by atoms with Crippen LogP contribution in [0.5, 0.6) is 0 Å². The molecule has 0 bridgehead atoms. The van der Waals surface area contributed by atoms with Crippen molar-refractivity contribution in [2.45, 2.75) is 19.4 Å². The van der Waals surface area contributed by atoms with Crippen LogP contribution in [0.3, 0.4) is 0 Å². The van der Waals surface area contributed by atoms with Crippen LogP contribution in [0.2, 0.25) is 0 Å². The molecule has 2 heterocycles. The maximum Gasteiger partial charge on any atom is 0.261 e. The van der Waals surface area contributed by atoms with Crippen LogP contribution in [0.15, 0.2) is 47.7 Å². The Morgan fingerprint density at radius 2 is 2.05 bits per heavy atom. The number of H-pyrrole nitrogens is 1. The molecule has 0 spiro atoms. The minimum Gasteiger partial charge on any atom is -0.312 e. The first-order valence-electron chi connectivity index (χ1n) is 6.28. The largest absolute Gasteiger partial charge is 0.312 e. The van der Waals surface area contributed by atoms with E-state index in [1.165, 1.54) is 11.9 Å². The first-order chi connectivity index (χ1) is 9.34. The summed E-state index contributed by atoms with van der Waals surface area (Å²) in [6.45, 7) is 0.759. The van der Waals surface area contributed by atoms with Gasteiger partial charge in [-0.3, -0.25) is 4.79 Å². The standard InChI is InChI=1S/C14H14N4O/c19-14-12-9-17-18(13(12)15-10-16-14)8-4-7-11-5-2-1-3-6-11/h1-3,5-6,9-10H,4,7-8H2,(H,15,16,19). The molecule has 3 aromatic rings. The van der Waals surface area contributed by atoms with Gasteiger partial charge in [0.1, 0.15) is 5.39 Å². The summed E-state index contributed by atoms with van der Waals surface area (Å²) in [4.78, 5) is 18.3. The second-order valence-corrected chi connectivity index (χ2v) is 4.43. The molecular weight excluding hydrogens is 240 g/mol. The molecule has 0 amide bonds. The third kappa shape index (κ3) is 2.40. The van der Waals surface area contributed by atoms with Crippen molar-refractivity contribution in [3.05, 3.63) is 58.8 Å². The Morgan fingerprint density at radius 3 is 2.89 bits per heavy atom. The molecular formula is C14H14N4O. The minimum absolute atomic E-state index is 0.140. The highest BCUT2D eigenvalue weighted by atomic mass is 16.1. The fourth-order valence-electron chi connectivity index (χ4n) is 2.15. The average Bonchev–Trinajstić information content (AvgIpc) is 2.85. The molecule has 0 saturated heterocycles. The SMILES string of the molecule is O=c1[nH]cnc2c1cnn2CCCc1ccccc1. The lowest BCUT2D eigenvalue weighted by molar-refractivity contribution is 0.591. The molecule has 96 valence electrons. The van der Waals surface area contributed by atoms with Crippen molar-refractivity contribution in [1.82, 2.24) is 19.7 Å². The Morgan fingerprint density at radius 1 is 1.21 bits per heavy atom. The first kappa shape index (κ1) is 11.6. The molecule has 5 nitrogen and oxygen atoms in total. The highest BCUT2D eigenvalue weighted by Crippen LogP contribution is 2.08. The number of rotatable bonds is 4. The van der Waals surface area contributed by atoms with Crippen LogP contribution in [0.25, 0.3) is 11.0 Å². The zero-order chi connectivity index (χ0) is 13.1. The lowest BCUT2D eigenvalue weighted by atomic mass is 10.1. The van der Waals surface area contributed by atoms with Crippen LogP contribution >= 0.6 is 0 Å². The molecule has 0 fully saturated rings. The highest BCUT2D eigenvalue weighted by molar-refractivity contribution is 5.72. The van der Waals surface area contributed by atoms with Gasteiger partial charge in [-0.05, 0) is 18.4 Å². The third-order valence-electron chi connectivity index (χ3n) is 3.12. The van der Waals surface area contributed by atoms with Crippen molar-refractivity contribution in [2.24, 2.45) is 0 Å². The van der Waals surface area contributed by atoms with Crippen molar-refractivity contribution in [3.8, 4) is 0 Å². The van der Waals surface area contributed by atoms with E-state index < -0.39 is 0 Å². The lowest BCUT2D eigenvalue weighted by Gasteiger charge is -2.03. The summed E-state index contributed by atoms with van der Waals surface area (Å²) in [7, 11) is 0. The molecule has 0 aliphatic rings. The number of nitrogens with one attached hydrogen (secondary N) is 1. The molecule has 0 unspecified atom stereocenters. The minimum atomic E-state index is -0.140. The van der Waals surface area contributed by atoms with Gasteiger partial charge in [-0.15, -0.1) is 0 Å². The van der Waals surface area contributed by atoms with Gasteiger partial charge >= 0.3 is 0 Å². The summed E-state index contributed by atoms with van der Waals surface area (Å²) in [6.07, 6.45) is 4.95. The van der Waals surface area contributed by atoms with Gasteiger partial charge in [0.2, 0.25) is 0 Å². The molecule has 5 heteroatoms. The van der Waals surface area contributed by atoms with Gasteiger partial charge in [0.15, 0.2) is 5.65 Å². The molecule has 0 atom stereocenters. The van der Waals surface area contributed by atoms with Gasteiger partial charge in [0.25, 0.3) is 5.56 Å². The predicted molar refractivity (Wildman–Crippen MR) is 72.9 cm³/mol. The maximum atomic E-state index is 11.5. The summed E-state index contributed by atoms with van der Waals surface area (Å²) in [5, 5.41) is 4.77. The van der Waals surface area contributed by atoms with Crippen molar-refractivity contribution in [3.63, 3.8) is 0 Å². The van der Waals surface area contributed by atoms with Crippen molar-refractivity contribution in [2.75, 3.05) is 0 Å². The van der Waals surface area contributed by atoms with E-state index in [0.29, 0.717) is 11.0 Å². The van der Waals surface area contributed by atoms with Gasteiger partial charge < -0.3 is 4.98 Å². The predicted octanol–water partition coefficient (Wildman–Crippen LogP) is 1.75. The number of aromatic amines is 1. The summed E-state index contributed by atoms with van der Waals surface area (Å²) in [5.41, 5.74) is 1.82. The van der Waals surface area contributed by atoms with E-state index >= 15 is 0 Å². The fraction of sp³-hybridized carbons (Fsp3) is 0.214. The van der Waals surface area contributed by atoms with Crippen LogP contribution < -0.4 is 5.56 Å². The number of nitrogens with zero attached hydrogens (tertiary/aromatic N) is 3. The summed E-state index contributed by atoms with van der Waals surface area (Å²) in [6, 6.07) is 10.3. The van der Waals surface area contributed by atoms with Crippen LogP contribution in [0, 0.1) is 0 Å². The summed E-state index contributed by atoms with van der Waals surface area (Å²) >= 11 is 0. The van der Waals surface area contributed by atoms with Crippen molar-refractivity contribution in [1.29, 1.82) is 0 Å². The van der Waals surface area contributed by atoms with E-state index in [-0.39, 0.29) is 5.56 Å². The number of hydrogen-bond donors (Lipinski definition) is 1. The molecule has 2 aromatic heterocycles. The van der Waals surface area contributed by atoms with E-state index in [9.17, 15) is 4.79 Å². The fourth-order valence-corrected chi connectivity index (χ4v) is 2.15. The summed E-state index contributed by atoms with van der Waals surface area (Å²) < 4.78 is 1.79. The molecule has 0 saturated carbocycles. The van der Waals surface area contributed by atoms with Crippen LogP contribution in [0.1, 0.15) is 12.0 Å². The molecule has 3 rings (SSSR count). The zero-order valence-corrected chi connectivity index (χ0v) is 10.4. The Balaban J connectivity index is 1.72. The van der Waals surface area contributed by atoms with E-state index in [0.717, 1.165) is 19.4 Å². The highest BCUT2D eigenvalue weighted by Gasteiger charge is 2.06. The zero-order valence-electron chi connectivity index (χ0n) is 10.4. The quantitative estimate of drug-likeness (QED) is 0.771. The average molecular weight is 254 g/mol. The Hall–Kier alpha value is -2.43. The Bertz CT molecular complexity index is 730. The van der Waals surface area contributed by atoms with Gasteiger partial charge in [-0.25, -0.2) is 9.67 Å². The van der Waals surface area contributed by atoms with E-state index in [4.69, 9.17) is 0 Å². The van der Waals surface area contributed by atoms with Gasteiger partial charge in [0, 0.05) is 6.54 Å². The number of aryl methyl sites for hydroxylation is 2. The smallest absolute Gasteiger partial charge is 0.261 e. The second-order valence-electron chi connectivity index (χ2n) is 4.43. The van der Waals surface area contributed by atoms with Crippen molar-refractivity contribution < 1.29 is 0 Å². The monoisotopic (exact) mass is 254 g/mol. The van der Waals surface area contributed by atoms with E-state index in [1.807, 2.05) is 18.2 Å². The molecule has 0 radical (unpaired) electrons. The number of hydrogen-bond acceptors (Lipinski definition) is 3. The van der Waals surface area contributed by atoms with E-state index in [2.05, 4.69) is 27.2 Å². The Kier molecular flexibility index (Phi) is 3.10. The topological polar surface area (TPSA) is 63.6 Å².